The quantitative estimate of drug-likeness (QED) is 0.351. The zero-order chi connectivity index (χ0) is 19.3. The smallest absolute Gasteiger partial charge is 0.159 e. The van der Waals surface area contributed by atoms with E-state index in [0.717, 1.165) is 42.6 Å². The Bertz CT molecular complexity index is 622. The van der Waals surface area contributed by atoms with Crippen molar-refractivity contribution in [3.05, 3.63) is 47.8 Å². The van der Waals surface area contributed by atoms with Gasteiger partial charge in [-0.3, -0.25) is 0 Å². The van der Waals surface area contributed by atoms with Crippen molar-refractivity contribution in [2.24, 2.45) is 0 Å². The molecule has 2 rings (SSSR count). The summed E-state index contributed by atoms with van der Waals surface area (Å²) in [6.45, 7) is 4.39. The average molecular weight is 371 g/mol. The van der Waals surface area contributed by atoms with E-state index in [2.05, 4.69) is 23.8 Å². The topological polar surface area (TPSA) is 25.8 Å². The molecule has 148 valence electrons. The van der Waals surface area contributed by atoms with Crippen LogP contribution in [-0.4, -0.2) is 16.1 Å². The summed E-state index contributed by atoms with van der Waals surface area (Å²) in [6.07, 6.45) is 15.0. The lowest BCUT2D eigenvalue weighted by molar-refractivity contribution is 0.304. The van der Waals surface area contributed by atoms with Gasteiger partial charge in [-0.1, -0.05) is 83.1 Å². The highest BCUT2D eigenvalue weighted by molar-refractivity contribution is 5.55. The van der Waals surface area contributed by atoms with Gasteiger partial charge in [0.15, 0.2) is 5.82 Å². The molecule has 0 spiro atoms. The summed E-state index contributed by atoms with van der Waals surface area (Å²) in [6, 6.07) is 8.03. The van der Waals surface area contributed by atoms with Gasteiger partial charge in [0.2, 0.25) is 0 Å². The van der Waals surface area contributed by atoms with Crippen molar-refractivity contribution in [1.82, 2.24) is 9.97 Å². The molecule has 2 aromatic rings. The first-order chi connectivity index (χ1) is 13.2. The molecule has 1 aromatic carbocycles. The molecular weight excluding hydrogens is 335 g/mol. The van der Waals surface area contributed by atoms with Crippen LogP contribution in [0, 0.1) is 0 Å². The van der Waals surface area contributed by atoms with Gasteiger partial charge in [-0.05, 0) is 30.4 Å². The number of aromatic nitrogens is 2. The van der Waals surface area contributed by atoms with Crippen LogP contribution in [0.5, 0.6) is 0 Å². The van der Waals surface area contributed by atoms with Gasteiger partial charge in [0.05, 0.1) is 0 Å². The van der Waals surface area contributed by atoms with Crippen LogP contribution in [0.4, 0.5) is 4.39 Å². The van der Waals surface area contributed by atoms with Gasteiger partial charge < -0.3 is 0 Å². The third-order valence-electron chi connectivity index (χ3n) is 5.06. The molecule has 0 aliphatic heterocycles. The number of hydrogen-bond acceptors (Lipinski definition) is 2. The number of rotatable bonds is 13. The highest BCUT2D eigenvalue weighted by Crippen LogP contribution is 2.19. The van der Waals surface area contributed by atoms with Crippen molar-refractivity contribution in [3.63, 3.8) is 0 Å². The fraction of sp³-hybridized carbons (Fsp3) is 0.583. The highest BCUT2D eigenvalue weighted by Gasteiger charge is 2.08. The molecule has 0 saturated heterocycles. The van der Waals surface area contributed by atoms with E-state index >= 15 is 0 Å². The summed E-state index contributed by atoms with van der Waals surface area (Å²) in [5, 5.41) is 0. The molecule has 1 aromatic heterocycles. The lowest BCUT2D eigenvalue weighted by atomic mass is 10.0. The van der Waals surface area contributed by atoms with Crippen LogP contribution >= 0.6 is 0 Å². The van der Waals surface area contributed by atoms with Crippen LogP contribution in [0.2, 0.25) is 0 Å². The molecule has 1 atom stereocenters. The standard InChI is InChI=1S/C24H35FN2/c1-3-5-7-8-10-11-21-18-26-24(27-19-21)22-15-13-20(14-16-22)17-23(25)12-9-6-4-2/h13-16,18-19,23H,3-12,17H2,1-2H3. The summed E-state index contributed by atoms with van der Waals surface area (Å²) < 4.78 is 14.0. The van der Waals surface area contributed by atoms with Gasteiger partial charge in [-0.2, -0.15) is 0 Å². The van der Waals surface area contributed by atoms with Crippen LogP contribution in [0.25, 0.3) is 11.4 Å². The predicted molar refractivity (Wildman–Crippen MR) is 113 cm³/mol. The molecule has 0 fully saturated rings. The monoisotopic (exact) mass is 370 g/mol. The third kappa shape index (κ3) is 8.19. The zero-order valence-corrected chi connectivity index (χ0v) is 17.1. The second-order valence-electron chi connectivity index (χ2n) is 7.57. The number of nitrogens with zero attached hydrogens (tertiary/aromatic N) is 2. The van der Waals surface area contributed by atoms with Gasteiger partial charge in [0.1, 0.15) is 6.17 Å². The van der Waals surface area contributed by atoms with Gasteiger partial charge in [-0.15, -0.1) is 0 Å². The van der Waals surface area contributed by atoms with E-state index in [1.54, 1.807) is 0 Å². The van der Waals surface area contributed by atoms with Gasteiger partial charge in [0, 0.05) is 24.4 Å². The minimum absolute atomic E-state index is 0.502. The number of unbranched alkanes of at least 4 members (excludes halogenated alkanes) is 6. The Morgan fingerprint density at radius 1 is 0.778 bits per heavy atom. The Labute approximate surface area is 164 Å². The van der Waals surface area contributed by atoms with E-state index in [1.165, 1.54) is 37.7 Å². The Balaban J connectivity index is 1.82. The number of aryl methyl sites for hydroxylation is 1. The van der Waals surface area contributed by atoms with Crippen LogP contribution < -0.4 is 0 Å². The van der Waals surface area contributed by atoms with Crippen LogP contribution in [0.15, 0.2) is 36.7 Å². The largest absolute Gasteiger partial charge is 0.247 e. The van der Waals surface area contributed by atoms with E-state index in [9.17, 15) is 4.39 Å². The summed E-state index contributed by atoms with van der Waals surface area (Å²) in [5.41, 5.74) is 3.25. The van der Waals surface area contributed by atoms with Crippen molar-refractivity contribution in [2.75, 3.05) is 0 Å². The Kier molecular flexibility index (Phi) is 10.0. The molecule has 27 heavy (non-hydrogen) atoms. The Morgan fingerprint density at radius 3 is 2.07 bits per heavy atom. The summed E-state index contributed by atoms with van der Waals surface area (Å²) in [4.78, 5) is 9.04. The minimum atomic E-state index is -0.741. The lowest BCUT2D eigenvalue weighted by Crippen LogP contribution is -2.04. The molecular formula is C24H35FN2. The van der Waals surface area contributed by atoms with Gasteiger partial charge in [-0.25, -0.2) is 14.4 Å². The average Bonchev–Trinajstić information content (AvgIpc) is 2.69. The first-order valence-electron chi connectivity index (χ1n) is 10.8. The third-order valence-corrected chi connectivity index (χ3v) is 5.06. The SMILES string of the molecule is CCCCCCCc1cnc(-c2ccc(CC(F)CCCCC)cc2)nc1. The molecule has 1 unspecified atom stereocenters. The van der Waals surface area contributed by atoms with Crippen LogP contribution in [0.1, 0.15) is 82.8 Å². The lowest BCUT2D eigenvalue weighted by Gasteiger charge is -2.09. The minimum Gasteiger partial charge on any atom is -0.247 e. The van der Waals surface area contributed by atoms with Crippen molar-refractivity contribution in [3.8, 4) is 11.4 Å². The van der Waals surface area contributed by atoms with E-state index in [4.69, 9.17) is 0 Å². The second-order valence-corrected chi connectivity index (χ2v) is 7.57. The first-order valence-corrected chi connectivity index (χ1v) is 10.8. The van der Waals surface area contributed by atoms with Crippen molar-refractivity contribution < 1.29 is 4.39 Å². The number of alkyl halides is 1. The molecule has 0 N–H and O–H groups in total. The van der Waals surface area contributed by atoms with Gasteiger partial charge >= 0.3 is 0 Å². The first kappa shape index (κ1) is 21.5. The molecule has 0 aliphatic carbocycles. The van der Waals surface area contributed by atoms with Crippen molar-refractivity contribution >= 4 is 0 Å². The second kappa shape index (κ2) is 12.6. The van der Waals surface area contributed by atoms with Gasteiger partial charge in [0.25, 0.3) is 0 Å². The van der Waals surface area contributed by atoms with Crippen molar-refractivity contribution in [1.29, 1.82) is 0 Å². The molecule has 3 heteroatoms. The predicted octanol–water partition coefficient (Wildman–Crippen LogP) is 7.12. The molecule has 2 nitrogen and oxygen atoms in total. The highest BCUT2D eigenvalue weighted by atomic mass is 19.1. The maximum absolute atomic E-state index is 14.0. The van der Waals surface area contributed by atoms with E-state index in [-0.39, 0.29) is 0 Å². The number of hydrogen-bond donors (Lipinski definition) is 0. The normalized spacial score (nSPS) is 12.3. The van der Waals surface area contributed by atoms with Crippen molar-refractivity contribution in [2.45, 2.75) is 90.6 Å². The number of halogens is 1. The molecule has 0 bridgehead atoms. The maximum Gasteiger partial charge on any atom is 0.159 e. The maximum atomic E-state index is 14.0. The van der Waals surface area contributed by atoms with Crippen LogP contribution in [0.3, 0.4) is 0 Å². The molecule has 0 radical (unpaired) electrons. The van der Waals surface area contributed by atoms with E-state index in [1.807, 2.05) is 36.7 Å². The number of benzene rings is 1. The Hall–Kier alpha value is -1.77. The fourth-order valence-electron chi connectivity index (χ4n) is 3.33. The molecule has 0 aliphatic rings. The summed E-state index contributed by atoms with van der Waals surface area (Å²) >= 11 is 0. The van der Waals surface area contributed by atoms with Crippen LogP contribution in [-0.2, 0) is 12.8 Å². The Morgan fingerprint density at radius 2 is 1.41 bits per heavy atom. The summed E-state index contributed by atoms with van der Waals surface area (Å²) in [7, 11) is 0. The molecule has 1 heterocycles. The zero-order valence-electron chi connectivity index (χ0n) is 17.1. The van der Waals surface area contributed by atoms with E-state index < -0.39 is 6.17 Å². The van der Waals surface area contributed by atoms with E-state index in [0.29, 0.717) is 12.8 Å². The summed E-state index contributed by atoms with van der Waals surface area (Å²) in [5.74, 6) is 0.746. The fourth-order valence-corrected chi connectivity index (χ4v) is 3.33. The molecule has 0 amide bonds. The molecule has 0 saturated carbocycles.